The largest absolute Gasteiger partial charge is 0.316 e. The average molecular weight is 297 g/mol. The summed E-state index contributed by atoms with van der Waals surface area (Å²) < 4.78 is 26.1. The Morgan fingerprint density at radius 1 is 1.30 bits per heavy atom. The van der Waals surface area contributed by atoms with E-state index in [0.717, 1.165) is 40.0 Å². The van der Waals surface area contributed by atoms with Crippen molar-refractivity contribution in [3.8, 4) is 11.3 Å². The number of hydrogen-bond acceptors (Lipinski definition) is 3. The zero-order chi connectivity index (χ0) is 14.5. The monoisotopic (exact) mass is 297 g/mol. The molecule has 2 aromatic rings. The summed E-state index contributed by atoms with van der Waals surface area (Å²) in [6, 6.07) is 7.57. The molecule has 6 heteroatoms. The maximum atomic E-state index is 12.2. The van der Waals surface area contributed by atoms with E-state index >= 15 is 0 Å². The molecule has 0 aliphatic rings. The van der Waals surface area contributed by atoms with E-state index in [-0.39, 0.29) is 5.75 Å². The van der Waals surface area contributed by atoms with Crippen molar-refractivity contribution >= 4 is 11.8 Å². The van der Waals surface area contributed by atoms with Crippen molar-refractivity contribution in [2.45, 2.75) is 17.9 Å². The molecule has 20 heavy (non-hydrogen) atoms. The van der Waals surface area contributed by atoms with Crippen LogP contribution in [0.5, 0.6) is 0 Å². The van der Waals surface area contributed by atoms with Crippen LogP contribution in [0.2, 0.25) is 0 Å². The molecule has 1 N–H and O–H groups in total. The van der Waals surface area contributed by atoms with Crippen LogP contribution in [0.25, 0.3) is 11.3 Å². The number of aryl methyl sites for hydroxylation is 1. The molecule has 0 spiro atoms. The minimum absolute atomic E-state index is 0.173. The number of thioether (sulfide) groups is 1. The van der Waals surface area contributed by atoms with E-state index in [0.29, 0.717) is 0 Å². The van der Waals surface area contributed by atoms with Crippen LogP contribution >= 0.6 is 11.8 Å². The van der Waals surface area contributed by atoms with Crippen LogP contribution in [0.3, 0.4) is 0 Å². The van der Waals surface area contributed by atoms with Crippen molar-refractivity contribution in [3.05, 3.63) is 36.0 Å². The summed E-state index contributed by atoms with van der Waals surface area (Å²) >= 11 is 1.16. The second-order valence-electron chi connectivity index (χ2n) is 4.43. The summed E-state index contributed by atoms with van der Waals surface area (Å²) in [4.78, 5) is 0.847. The van der Waals surface area contributed by atoms with Gasteiger partial charge in [0.05, 0.1) is 11.4 Å². The molecule has 1 aromatic carbocycles. The van der Waals surface area contributed by atoms with Crippen molar-refractivity contribution < 1.29 is 8.78 Å². The quantitative estimate of drug-likeness (QED) is 0.831. The minimum Gasteiger partial charge on any atom is -0.316 e. The van der Waals surface area contributed by atoms with Gasteiger partial charge in [-0.25, -0.2) is 8.78 Å². The van der Waals surface area contributed by atoms with Crippen LogP contribution < -0.4 is 5.32 Å². The molecule has 0 radical (unpaired) electrons. The Hall–Kier alpha value is -1.40. The molecule has 0 aliphatic heterocycles. The van der Waals surface area contributed by atoms with Crippen molar-refractivity contribution in [2.24, 2.45) is 7.05 Å². The Bertz CT molecular complexity index is 552. The molecule has 0 amide bonds. The van der Waals surface area contributed by atoms with Gasteiger partial charge in [-0.05, 0) is 19.2 Å². The lowest BCUT2D eigenvalue weighted by molar-refractivity contribution is 0.177. The summed E-state index contributed by atoms with van der Waals surface area (Å²) in [5.41, 5.74) is 3.03. The maximum Gasteiger partial charge on any atom is 0.247 e. The van der Waals surface area contributed by atoms with Gasteiger partial charge in [0.1, 0.15) is 0 Å². The van der Waals surface area contributed by atoms with Crippen LogP contribution in [-0.2, 0) is 13.6 Å². The third kappa shape index (κ3) is 3.80. The first-order valence-corrected chi connectivity index (χ1v) is 7.27. The van der Waals surface area contributed by atoms with Gasteiger partial charge in [-0.1, -0.05) is 12.1 Å². The van der Waals surface area contributed by atoms with E-state index in [1.807, 2.05) is 44.6 Å². The zero-order valence-corrected chi connectivity index (χ0v) is 12.3. The number of rotatable bonds is 6. The first-order chi connectivity index (χ1) is 9.60. The third-order valence-electron chi connectivity index (χ3n) is 2.78. The lowest BCUT2D eigenvalue weighted by atomic mass is 10.1. The molecule has 0 unspecified atom stereocenters. The molecule has 108 valence electrons. The number of nitrogens with one attached hydrogen (secondary N) is 1. The number of benzene rings is 1. The third-order valence-corrected chi connectivity index (χ3v) is 3.80. The smallest absolute Gasteiger partial charge is 0.247 e. The number of hydrogen-bond donors (Lipinski definition) is 1. The lowest BCUT2D eigenvalue weighted by Crippen LogP contribution is -2.05. The van der Waals surface area contributed by atoms with Gasteiger partial charge < -0.3 is 5.32 Å². The second kappa shape index (κ2) is 6.85. The fourth-order valence-electron chi connectivity index (χ4n) is 1.97. The molecule has 0 bridgehead atoms. The van der Waals surface area contributed by atoms with Gasteiger partial charge in [-0.15, -0.1) is 11.8 Å². The van der Waals surface area contributed by atoms with E-state index in [9.17, 15) is 8.78 Å². The minimum atomic E-state index is -2.28. The SMILES string of the molecule is CNCc1cn(C)nc1-c1ccc(SCC(F)F)cc1. The highest BCUT2D eigenvalue weighted by molar-refractivity contribution is 7.99. The summed E-state index contributed by atoms with van der Waals surface area (Å²) in [5, 5.41) is 7.56. The molecule has 0 saturated heterocycles. The molecule has 0 atom stereocenters. The van der Waals surface area contributed by atoms with Gasteiger partial charge in [-0.2, -0.15) is 5.10 Å². The predicted molar refractivity (Wildman–Crippen MR) is 78.1 cm³/mol. The highest BCUT2D eigenvalue weighted by Crippen LogP contribution is 2.26. The van der Waals surface area contributed by atoms with Gasteiger partial charge in [0.25, 0.3) is 0 Å². The van der Waals surface area contributed by atoms with Crippen LogP contribution in [0.1, 0.15) is 5.56 Å². The Balaban J connectivity index is 2.17. The highest BCUT2D eigenvalue weighted by atomic mass is 32.2. The van der Waals surface area contributed by atoms with E-state index in [2.05, 4.69) is 10.4 Å². The van der Waals surface area contributed by atoms with Gasteiger partial charge in [0.15, 0.2) is 0 Å². The maximum absolute atomic E-state index is 12.2. The number of halogens is 2. The summed E-state index contributed by atoms with van der Waals surface area (Å²) in [6.07, 6.45) is -0.302. The molecule has 2 rings (SSSR count). The fourth-order valence-corrected chi connectivity index (χ4v) is 2.62. The Morgan fingerprint density at radius 3 is 2.60 bits per heavy atom. The van der Waals surface area contributed by atoms with E-state index in [4.69, 9.17) is 0 Å². The lowest BCUT2D eigenvalue weighted by Gasteiger charge is -2.04. The van der Waals surface area contributed by atoms with E-state index in [1.54, 1.807) is 4.68 Å². The second-order valence-corrected chi connectivity index (χ2v) is 5.53. The van der Waals surface area contributed by atoms with E-state index < -0.39 is 6.43 Å². The average Bonchev–Trinajstić information content (AvgIpc) is 2.78. The van der Waals surface area contributed by atoms with Crippen molar-refractivity contribution in [2.75, 3.05) is 12.8 Å². The fraction of sp³-hybridized carbons (Fsp3) is 0.357. The van der Waals surface area contributed by atoms with Crippen molar-refractivity contribution in [1.82, 2.24) is 15.1 Å². The van der Waals surface area contributed by atoms with Crippen molar-refractivity contribution in [1.29, 1.82) is 0 Å². The first kappa shape index (κ1) is 15.0. The summed E-state index contributed by atoms with van der Waals surface area (Å²) in [7, 11) is 3.77. The van der Waals surface area contributed by atoms with Crippen LogP contribution in [0.15, 0.2) is 35.4 Å². The van der Waals surface area contributed by atoms with Crippen LogP contribution in [0.4, 0.5) is 8.78 Å². The standard InChI is InChI=1S/C14H17F2N3S/c1-17-7-11-8-19(2)18-14(11)10-3-5-12(6-4-10)20-9-13(15)16/h3-6,8,13,17H,7,9H2,1-2H3. The van der Waals surface area contributed by atoms with Crippen molar-refractivity contribution in [3.63, 3.8) is 0 Å². The van der Waals surface area contributed by atoms with E-state index in [1.165, 1.54) is 0 Å². The molecule has 1 aromatic heterocycles. The topological polar surface area (TPSA) is 29.9 Å². The molecule has 0 saturated carbocycles. The first-order valence-electron chi connectivity index (χ1n) is 6.28. The van der Waals surface area contributed by atoms with Gasteiger partial charge in [0, 0.05) is 35.8 Å². The molecule has 0 fully saturated rings. The predicted octanol–water partition coefficient (Wildman–Crippen LogP) is 3.16. The van der Waals surface area contributed by atoms with Gasteiger partial charge >= 0.3 is 0 Å². The Morgan fingerprint density at radius 2 is 2.00 bits per heavy atom. The normalized spacial score (nSPS) is 11.2. The zero-order valence-electron chi connectivity index (χ0n) is 11.4. The Labute approximate surface area is 121 Å². The number of aromatic nitrogens is 2. The summed E-state index contributed by atoms with van der Waals surface area (Å²) in [5.74, 6) is -0.173. The number of nitrogens with zero attached hydrogens (tertiary/aromatic N) is 2. The highest BCUT2D eigenvalue weighted by Gasteiger charge is 2.10. The van der Waals surface area contributed by atoms with Crippen LogP contribution in [-0.4, -0.2) is 29.0 Å². The molecule has 1 heterocycles. The van der Waals surface area contributed by atoms with Gasteiger partial charge in [-0.3, -0.25) is 4.68 Å². The number of alkyl halides is 2. The van der Waals surface area contributed by atoms with Gasteiger partial charge in [0.2, 0.25) is 6.43 Å². The van der Waals surface area contributed by atoms with Crippen LogP contribution in [0, 0.1) is 0 Å². The summed E-state index contributed by atoms with van der Waals surface area (Å²) in [6.45, 7) is 0.741. The molecular formula is C14H17F2N3S. The molecule has 3 nitrogen and oxygen atoms in total. The molecular weight excluding hydrogens is 280 g/mol. The Kier molecular flexibility index (Phi) is 5.14. The molecule has 0 aliphatic carbocycles.